The fourth-order valence-electron chi connectivity index (χ4n) is 4.53. The van der Waals surface area contributed by atoms with Gasteiger partial charge in [-0.05, 0) is 59.7 Å². The van der Waals surface area contributed by atoms with Crippen LogP contribution in [0.1, 0.15) is 11.1 Å². The maximum atomic E-state index is 12.9. The van der Waals surface area contributed by atoms with Gasteiger partial charge in [-0.1, -0.05) is 54.2 Å². The zero-order valence-corrected chi connectivity index (χ0v) is 19.1. The first kappa shape index (κ1) is 20.6. The van der Waals surface area contributed by atoms with Crippen LogP contribution in [0.15, 0.2) is 90.3 Å². The predicted octanol–water partition coefficient (Wildman–Crippen LogP) is 5.31. The number of anilines is 1. The SMILES string of the molecule is O=C(CSc1nnc(-c2cccnc2)n1-c1ccccc1)Nc1ccc2c3c(cccc13)CC2. The van der Waals surface area contributed by atoms with E-state index >= 15 is 0 Å². The van der Waals surface area contributed by atoms with Crippen LogP contribution in [0.4, 0.5) is 5.69 Å². The normalized spacial score (nSPS) is 12.2. The van der Waals surface area contributed by atoms with E-state index in [1.807, 2.05) is 53.1 Å². The number of benzene rings is 3. The number of hydrogen-bond acceptors (Lipinski definition) is 5. The van der Waals surface area contributed by atoms with Gasteiger partial charge in [0, 0.05) is 34.7 Å². The number of para-hydroxylation sites is 1. The van der Waals surface area contributed by atoms with Crippen LogP contribution in [0.2, 0.25) is 0 Å². The quantitative estimate of drug-likeness (QED) is 0.346. The molecular weight excluding hydrogens is 442 g/mol. The summed E-state index contributed by atoms with van der Waals surface area (Å²) in [6.45, 7) is 0. The van der Waals surface area contributed by atoms with Crippen LogP contribution in [-0.4, -0.2) is 31.4 Å². The third-order valence-corrected chi connectivity index (χ3v) is 6.98. The Balaban J connectivity index is 1.26. The van der Waals surface area contributed by atoms with E-state index < -0.39 is 0 Å². The van der Waals surface area contributed by atoms with Gasteiger partial charge in [0.1, 0.15) is 0 Å². The number of carbonyl (C=O) groups is 1. The highest BCUT2D eigenvalue weighted by Gasteiger charge is 2.19. The summed E-state index contributed by atoms with van der Waals surface area (Å²) < 4.78 is 1.97. The van der Waals surface area contributed by atoms with Gasteiger partial charge in [0.2, 0.25) is 5.91 Å². The van der Waals surface area contributed by atoms with Gasteiger partial charge in [0.25, 0.3) is 0 Å². The van der Waals surface area contributed by atoms with E-state index in [9.17, 15) is 4.79 Å². The lowest BCUT2D eigenvalue weighted by Gasteiger charge is -2.12. The molecule has 0 saturated carbocycles. The minimum Gasteiger partial charge on any atom is -0.325 e. The Hall–Kier alpha value is -3.97. The van der Waals surface area contributed by atoms with E-state index in [1.165, 1.54) is 28.3 Å². The van der Waals surface area contributed by atoms with Crippen molar-refractivity contribution < 1.29 is 4.79 Å². The Bertz CT molecular complexity index is 1490. The van der Waals surface area contributed by atoms with Gasteiger partial charge in [0.05, 0.1) is 5.75 Å². The molecule has 0 fully saturated rings. The van der Waals surface area contributed by atoms with Gasteiger partial charge in [-0.15, -0.1) is 10.2 Å². The van der Waals surface area contributed by atoms with Crippen molar-refractivity contribution in [2.24, 2.45) is 0 Å². The summed E-state index contributed by atoms with van der Waals surface area (Å²) in [4.78, 5) is 17.2. The van der Waals surface area contributed by atoms with E-state index in [2.05, 4.69) is 44.8 Å². The van der Waals surface area contributed by atoms with Crippen LogP contribution in [0.5, 0.6) is 0 Å². The van der Waals surface area contributed by atoms with Crippen LogP contribution in [-0.2, 0) is 17.6 Å². The smallest absolute Gasteiger partial charge is 0.234 e. The molecular formula is C27H21N5OS. The largest absolute Gasteiger partial charge is 0.325 e. The number of aryl methyl sites for hydroxylation is 2. The Morgan fingerprint density at radius 2 is 1.76 bits per heavy atom. The number of amides is 1. The standard InChI is InChI=1S/C27H21N5OS/c33-24(29-23-14-13-19-12-11-18-6-4-10-22(23)25(18)19)17-34-27-31-30-26(20-7-5-15-28-16-20)32(27)21-8-2-1-3-9-21/h1-10,13-16H,11-12,17H2,(H,29,33). The summed E-state index contributed by atoms with van der Waals surface area (Å²) in [5.41, 5.74) is 5.37. The summed E-state index contributed by atoms with van der Waals surface area (Å²) in [7, 11) is 0. The average molecular weight is 464 g/mol. The second-order valence-corrected chi connectivity index (χ2v) is 9.11. The van der Waals surface area contributed by atoms with Crippen molar-refractivity contribution in [1.82, 2.24) is 19.7 Å². The second-order valence-electron chi connectivity index (χ2n) is 8.17. The van der Waals surface area contributed by atoms with Crippen molar-refractivity contribution in [3.8, 4) is 17.1 Å². The molecule has 2 heterocycles. The zero-order chi connectivity index (χ0) is 22.9. The third-order valence-electron chi connectivity index (χ3n) is 6.05. The van der Waals surface area contributed by atoms with Crippen LogP contribution >= 0.6 is 11.8 Å². The van der Waals surface area contributed by atoms with Gasteiger partial charge in [-0.25, -0.2) is 0 Å². The van der Waals surface area contributed by atoms with Crippen molar-refractivity contribution in [3.63, 3.8) is 0 Å². The van der Waals surface area contributed by atoms with Crippen LogP contribution in [0.25, 0.3) is 27.8 Å². The Morgan fingerprint density at radius 3 is 2.59 bits per heavy atom. The highest BCUT2D eigenvalue weighted by atomic mass is 32.2. The highest BCUT2D eigenvalue weighted by Crippen LogP contribution is 2.35. The van der Waals surface area contributed by atoms with Crippen LogP contribution < -0.4 is 5.32 Å². The number of thioether (sulfide) groups is 1. The topological polar surface area (TPSA) is 72.7 Å². The lowest BCUT2D eigenvalue weighted by atomic mass is 10.0. The average Bonchev–Trinajstić information content (AvgIpc) is 3.51. The van der Waals surface area contributed by atoms with E-state index in [0.29, 0.717) is 11.0 Å². The third kappa shape index (κ3) is 3.74. The monoisotopic (exact) mass is 463 g/mol. The molecule has 0 spiro atoms. The Kier molecular flexibility index (Phi) is 5.31. The van der Waals surface area contributed by atoms with Gasteiger partial charge >= 0.3 is 0 Å². The van der Waals surface area contributed by atoms with E-state index in [1.54, 1.807) is 12.4 Å². The molecule has 166 valence electrons. The van der Waals surface area contributed by atoms with Crippen LogP contribution in [0, 0.1) is 0 Å². The maximum absolute atomic E-state index is 12.9. The number of nitrogens with zero attached hydrogens (tertiary/aromatic N) is 4. The summed E-state index contributed by atoms with van der Waals surface area (Å²) in [6, 6.07) is 24.2. The number of rotatable bonds is 6. The fourth-order valence-corrected chi connectivity index (χ4v) is 5.28. The molecule has 0 bridgehead atoms. The highest BCUT2D eigenvalue weighted by molar-refractivity contribution is 7.99. The van der Waals surface area contributed by atoms with Crippen molar-refractivity contribution in [2.45, 2.75) is 18.0 Å². The molecule has 2 aromatic heterocycles. The maximum Gasteiger partial charge on any atom is 0.234 e. The van der Waals surface area contributed by atoms with Gasteiger partial charge in [0.15, 0.2) is 11.0 Å². The van der Waals surface area contributed by atoms with Crippen molar-refractivity contribution in [1.29, 1.82) is 0 Å². The molecule has 3 aromatic carbocycles. The number of hydrogen-bond donors (Lipinski definition) is 1. The predicted molar refractivity (Wildman–Crippen MR) is 135 cm³/mol. The summed E-state index contributed by atoms with van der Waals surface area (Å²) in [5, 5.41) is 15.0. The van der Waals surface area contributed by atoms with Gasteiger partial charge in [-0.3, -0.25) is 14.3 Å². The Labute approximate surface area is 201 Å². The molecule has 0 unspecified atom stereocenters. The lowest BCUT2D eigenvalue weighted by molar-refractivity contribution is -0.113. The molecule has 7 heteroatoms. The summed E-state index contributed by atoms with van der Waals surface area (Å²) in [6.07, 6.45) is 5.62. The van der Waals surface area contributed by atoms with Crippen molar-refractivity contribution in [2.75, 3.05) is 11.1 Å². The second kappa shape index (κ2) is 8.76. The molecule has 6 nitrogen and oxygen atoms in total. The van der Waals surface area contributed by atoms with Crippen LogP contribution in [0.3, 0.4) is 0 Å². The number of carbonyl (C=O) groups excluding carboxylic acids is 1. The van der Waals surface area contributed by atoms with Crippen molar-refractivity contribution in [3.05, 3.63) is 96.3 Å². The van der Waals surface area contributed by atoms with E-state index in [0.717, 1.165) is 35.2 Å². The number of pyridine rings is 1. The molecule has 6 rings (SSSR count). The molecule has 0 aliphatic heterocycles. The molecule has 0 saturated heterocycles. The zero-order valence-electron chi connectivity index (χ0n) is 18.3. The Morgan fingerprint density at radius 1 is 0.912 bits per heavy atom. The van der Waals surface area contributed by atoms with Gasteiger partial charge in [-0.2, -0.15) is 0 Å². The van der Waals surface area contributed by atoms with Crippen molar-refractivity contribution >= 4 is 34.1 Å². The molecule has 1 N–H and O–H groups in total. The molecule has 5 aromatic rings. The molecule has 1 aliphatic carbocycles. The van der Waals surface area contributed by atoms with E-state index in [-0.39, 0.29) is 11.7 Å². The number of aromatic nitrogens is 4. The first-order valence-electron chi connectivity index (χ1n) is 11.2. The number of nitrogens with one attached hydrogen (secondary N) is 1. The fraction of sp³-hybridized carbons (Fsp3) is 0.111. The molecule has 1 aliphatic rings. The van der Waals surface area contributed by atoms with E-state index in [4.69, 9.17) is 0 Å². The van der Waals surface area contributed by atoms with Gasteiger partial charge < -0.3 is 5.32 Å². The lowest BCUT2D eigenvalue weighted by Crippen LogP contribution is -2.15. The summed E-state index contributed by atoms with van der Waals surface area (Å²) >= 11 is 1.37. The summed E-state index contributed by atoms with van der Waals surface area (Å²) in [5.74, 6) is 0.838. The molecule has 34 heavy (non-hydrogen) atoms. The minimum atomic E-state index is -0.0748. The molecule has 0 radical (unpaired) electrons. The first-order chi connectivity index (χ1) is 16.8. The molecule has 0 atom stereocenters. The minimum absolute atomic E-state index is 0.0748. The molecule has 1 amide bonds. The first-order valence-corrected chi connectivity index (χ1v) is 12.1.